The number of sulfonamides is 1. The van der Waals surface area contributed by atoms with Crippen molar-refractivity contribution in [3.63, 3.8) is 0 Å². The smallest absolute Gasteiger partial charge is 0.212 e. The van der Waals surface area contributed by atoms with Crippen LogP contribution in [0.5, 0.6) is 0 Å². The number of piperidine rings is 1. The van der Waals surface area contributed by atoms with Crippen molar-refractivity contribution < 1.29 is 8.42 Å². The summed E-state index contributed by atoms with van der Waals surface area (Å²) in [6.45, 7) is 3.43. The quantitative estimate of drug-likeness (QED) is 0.646. The van der Waals surface area contributed by atoms with Gasteiger partial charge < -0.3 is 5.32 Å². The van der Waals surface area contributed by atoms with E-state index >= 15 is 0 Å². The van der Waals surface area contributed by atoms with Crippen molar-refractivity contribution in [1.29, 1.82) is 0 Å². The molecule has 8 nitrogen and oxygen atoms in total. The molecule has 0 aliphatic carbocycles. The van der Waals surface area contributed by atoms with Crippen molar-refractivity contribution in [2.45, 2.75) is 25.8 Å². The topological polar surface area (TPSA) is 113 Å². The second-order valence-electron chi connectivity index (χ2n) is 4.60. The molecule has 2 atom stereocenters. The highest BCUT2D eigenvalue weighted by atomic mass is 32.2. The number of rotatable bonds is 5. The van der Waals surface area contributed by atoms with E-state index in [1.807, 2.05) is 0 Å². The van der Waals surface area contributed by atoms with Crippen molar-refractivity contribution in [2.75, 3.05) is 18.8 Å². The van der Waals surface area contributed by atoms with Gasteiger partial charge in [-0.05, 0) is 38.8 Å². The number of H-pyrrole nitrogens is 1. The molecule has 2 rings (SSSR count). The molecule has 3 N–H and O–H groups in total. The minimum Gasteiger partial charge on any atom is -0.316 e. The van der Waals surface area contributed by atoms with Gasteiger partial charge in [-0.2, -0.15) is 5.21 Å². The van der Waals surface area contributed by atoms with E-state index in [1.165, 1.54) is 0 Å². The summed E-state index contributed by atoms with van der Waals surface area (Å²) in [5.74, 6) is 0.663. The maximum absolute atomic E-state index is 12.0. The Hall–Kier alpha value is -1.06. The third kappa shape index (κ3) is 3.72. The molecule has 1 fully saturated rings. The molecule has 0 aromatic carbocycles. The van der Waals surface area contributed by atoms with Crippen LogP contribution in [0.3, 0.4) is 0 Å². The van der Waals surface area contributed by atoms with Gasteiger partial charge in [0.05, 0.1) is 11.8 Å². The summed E-state index contributed by atoms with van der Waals surface area (Å²) in [5, 5.41) is 16.4. The predicted octanol–water partition coefficient (Wildman–Crippen LogP) is -0.820. The molecule has 1 aliphatic rings. The Labute approximate surface area is 106 Å². The van der Waals surface area contributed by atoms with Crippen LogP contribution in [0.1, 0.15) is 31.6 Å². The lowest BCUT2D eigenvalue weighted by Crippen LogP contribution is -2.38. The molecule has 0 spiro atoms. The molecule has 102 valence electrons. The Balaban J connectivity index is 1.90. The van der Waals surface area contributed by atoms with Gasteiger partial charge in [-0.25, -0.2) is 13.1 Å². The summed E-state index contributed by atoms with van der Waals surface area (Å²) in [5.41, 5.74) is 0. The highest BCUT2D eigenvalue weighted by molar-refractivity contribution is 7.89. The molecule has 2 heterocycles. The first-order valence-electron chi connectivity index (χ1n) is 6.01. The maximum Gasteiger partial charge on any atom is 0.212 e. The average Bonchev–Trinajstić information content (AvgIpc) is 2.82. The van der Waals surface area contributed by atoms with E-state index in [9.17, 15) is 8.42 Å². The number of aromatic nitrogens is 4. The molecule has 1 aromatic rings. The van der Waals surface area contributed by atoms with Crippen molar-refractivity contribution >= 4 is 10.0 Å². The fourth-order valence-electron chi connectivity index (χ4n) is 2.10. The van der Waals surface area contributed by atoms with Crippen LogP contribution in [0.25, 0.3) is 0 Å². The number of nitrogens with zero attached hydrogens (tertiary/aromatic N) is 3. The lowest BCUT2D eigenvalue weighted by Gasteiger charge is -2.23. The fourth-order valence-corrected chi connectivity index (χ4v) is 3.75. The highest BCUT2D eigenvalue weighted by Crippen LogP contribution is 2.14. The molecular formula is C9H18N6O2S. The van der Waals surface area contributed by atoms with Crippen LogP contribution in [0.15, 0.2) is 0 Å². The highest BCUT2D eigenvalue weighted by Gasteiger charge is 2.24. The minimum atomic E-state index is -3.32. The number of hydrogen-bond acceptors (Lipinski definition) is 6. The second kappa shape index (κ2) is 5.72. The largest absolute Gasteiger partial charge is 0.316 e. The van der Waals surface area contributed by atoms with Gasteiger partial charge in [0.2, 0.25) is 10.0 Å². The molecule has 1 aromatic heterocycles. The predicted molar refractivity (Wildman–Crippen MR) is 65.1 cm³/mol. The van der Waals surface area contributed by atoms with Gasteiger partial charge in [0, 0.05) is 0 Å². The number of tetrazole rings is 1. The number of nitrogens with one attached hydrogen (secondary N) is 3. The summed E-state index contributed by atoms with van der Waals surface area (Å²) in [7, 11) is -3.32. The summed E-state index contributed by atoms with van der Waals surface area (Å²) in [6.07, 6.45) is 1.98. The van der Waals surface area contributed by atoms with Crippen LogP contribution in [-0.2, 0) is 10.0 Å². The second-order valence-corrected chi connectivity index (χ2v) is 6.40. The van der Waals surface area contributed by atoms with E-state index in [0.717, 1.165) is 25.9 Å². The van der Waals surface area contributed by atoms with Gasteiger partial charge in [0.15, 0.2) is 5.82 Å². The Morgan fingerprint density at radius 1 is 1.56 bits per heavy atom. The zero-order chi connectivity index (χ0) is 13.0. The van der Waals surface area contributed by atoms with Crippen LogP contribution < -0.4 is 10.0 Å². The first kappa shape index (κ1) is 13.4. The number of aromatic amines is 1. The molecule has 9 heteroatoms. The van der Waals surface area contributed by atoms with Gasteiger partial charge >= 0.3 is 0 Å². The molecule has 2 unspecified atom stereocenters. The monoisotopic (exact) mass is 274 g/mol. The van der Waals surface area contributed by atoms with Gasteiger partial charge in [-0.15, -0.1) is 10.2 Å². The Morgan fingerprint density at radius 2 is 2.39 bits per heavy atom. The molecule has 18 heavy (non-hydrogen) atoms. The zero-order valence-corrected chi connectivity index (χ0v) is 11.1. The Bertz CT molecular complexity index is 453. The first-order valence-corrected chi connectivity index (χ1v) is 7.66. The van der Waals surface area contributed by atoms with Crippen LogP contribution in [0.2, 0.25) is 0 Å². The molecular weight excluding hydrogens is 256 g/mol. The van der Waals surface area contributed by atoms with E-state index in [4.69, 9.17) is 0 Å². The molecule has 0 amide bonds. The molecule has 0 saturated carbocycles. The van der Waals surface area contributed by atoms with E-state index in [2.05, 4.69) is 30.7 Å². The normalized spacial score (nSPS) is 22.8. The van der Waals surface area contributed by atoms with Crippen LogP contribution in [0, 0.1) is 5.92 Å². The van der Waals surface area contributed by atoms with Gasteiger partial charge in [0.25, 0.3) is 0 Å². The molecule has 0 bridgehead atoms. The standard InChI is InChI=1S/C9H18N6O2S/c1-7(9-11-14-15-12-9)13-18(16,17)6-8-3-2-4-10-5-8/h7-8,10,13H,2-6H2,1H3,(H,11,12,14,15). The van der Waals surface area contributed by atoms with Crippen LogP contribution in [0.4, 0.5) is 0 Å². The third-order valence-electron chi connectivity index (χ3n) is 2.96. The SMILES string of the molecule is CC(NS(=O)(=O)CC1CCCNC1)c1nn[nH]n1. The number of hydrogen-bond donors (Lipinski definition) is 3. The first-order chi connectivity index (χ1) is 8.57. The molecule has 1 aliphatic heterocycles. The van der Waals surface area contributed by atoms with E-state index in [1.54, 1.807) is 6.92 Å². The van der Waals surface area contributed by atoms with Crippen molar-refractivity contribution in [3.05, 3.63) is 5.82 Å². The molecule has 0 radical (unpaired) electrons. The Kier molecular flexibility index (Phi) is 4.25. The fraction of sp³-hybridized carbons (Fsp3) is 0.889. The zero-order valence-electron chi connectivity index (χ0n) is 10.3. The lowest BCUT2D eigenvalue weighted by atomic mass is 10.0. The summed E-state index contributed by atoms with van der Waals surface area (Å²) >= 11 is 0. The van der Waals surface area contributed by atoms with Gasteiger partial charge in [0.1, 0.15) is 0 Å². The van der Waals surface area contributed by atoms with Crippen LogP contribution in [-0.4, -0.2) is 47.9 Å². The summed E-state index contributed by atoms with van der Waals surface area (Å²) in [6, 6.07) is -0.467. The Morgan fingerprint density at radius 3 is 3.00 bits per heavy atom. The van der Waals surface area contributed by atoms with Gasteiger partial charge in [-0.3, -0.25) is 0 Å². The lowest BCUT2D eigenvalue weighted by molar-refractivity contribution is 0.402. The third-order valence-corrected chi connectivity index (χ3v) is 4.58. The van der Waals surface area contributed by atoms with Gasteiger partial charge in [-0.1, -0.05) is 5.21 Å². The maximum atomic E-state index is 12.0. The van der Waals surface area contributed by atoms with Crippen molar-refractivity contribution in [3.8, 4) is 0 Å². The van der Waals surface area contributed by atoms with E-state index in [0.29, 0.717) is 5.82 Å². The van der Waals surface area contributed by atoms with Crippen molar-refractivity contribution in [1.82, 2.24) is 30.7 Å². The van der Waals surface area contributed by atoms with E-state index in [-0.39, 0.29) is 11.7 Å². The summed E-state index contributed by atoms with van der Waals surface area (Å²) < 4.78 is 26.5. The van der Waals surface area contributed by atoms with Crippen LogP contribution >= 0.6 is 0 Å². The van der Waals surface area contributed by atoms with E-state index < -0.39 is 16.1 Å². The van der Waals surface area contributed by atoms with Crippen molar-refractivity contribution in [2.24, 2.45) is 5.92 Å². The minimum absolute atomic E-state index is 0.141. The summed E-state index contributed by atoms with van der Waals surface area (Å²) in [4.78, 5) is 0. The molecule has 1 saturated heterocycles. The average molecular weight is 274 g/mol.